The Kier molecular flexibility index (Phi) is 4.92. The number of nitrogens with one attached hydrogen (secondary N) is 1. The predicted octanol–water partition coefficient (Wildman–Crippen LogP) is 1.74. The zero-order valence-electron chi connectivity index (χ0n) is 13.3. The summed E-state index contributed by atoms with van der Waals surface area (Å²) >= 11 is 0. The van der Waals surface area contributed by atoms with Gasteiger partial charge in [0.15, 0.2) is 6.73 Å². The summed E-state index contributed by atoms with van der Waals surface area (Å²) in [5.41, 5.74) is 0.431. The van der Waals surface area contributed by atoms with E-state index in [1.807, 2.05) is 30.3 Å². The summed E-state index contributed by atoms with van der Waals surface area (Å²) in [5, 5.41) is 7.34. The first-order valence-corrected chi connectivity index (χ1v) is 7.91. The minimum absolute atomic E-state index is 0.113. The number of hydrogen-bond donors (Lipinski definition) is 1. The zero-order chi connectivity index (χ0) is 16.1. The number of amides is 1. The number of para-hydroxylation sites is 1. The molecule has 1 aliphatic heterocycles. The van der Waals surface area contributed by atoms with E-state index in [0.29, 0.717) is 5.69 Å². The number of carbonyl (C=O) groups is 1. The Morgan fingerprint density at radius 3 is 2.74 bits per heavy atom. The Balaban J connectivity index is 1.51. The third-order valence-corrected chi connectivity index (χ3v) is 4.03. The van der Waals surface area contributed by atoms with Gasteiger partial charge in [-0.05, 0) is 51.2 Å². The first kappa shape index (κ1) is 15.6. The lowest BCUT2D eigenvalue weighted by Crippen LogP contribution is -2.43. The molecule has 122 valence electrons. The van der Waals surface area contributed by atoms with Gasteiger partial charge >= 0.3 is 0 Å². The molecule has 0 bridgehead atoms. The van der Waals surface area contributed by atoms with Gasteiger partial charge < -0.3 is 15.0 Å². The molecule has 0 saturated carbocycles. The molecule has 0 unspecified atom stereocenters. The predicted molar refractivity (Wildman–Crippen MR) is 87.3 cm³/mol. The maximum Gasteiger partial charge on any atom is 0.271 e. The second kappa shape index (κ2) is 7.28. The maximum atomic E-state index is 12.2. The summed E-state index contributed by atoms with van der Waals surface area (Å²) in [4.78, 5) is 14.5. The summed E-state index contributed by atoms with van der Waals surface area (Å²) < 4.78 is 7.23. The number of rotatable bonds is 5. The molecule has 1 aromatic heterocycles. The van der Waals surface area contributed by atoms with Crippen molar-refractivity contribution in [2.75, 3.05) is 20.1 Å². The van der Waals surface area contributed by atoms with Gasteiger partial charge in [-0.3, -0.25) is 4.79 Å². The van der Waals surface area contributed by atoms with Gasteiger partial charge in [-0.25, -0.2) is 4.68 Å². The van der Waals surface area contributed by atoms with Crippen molar-refractivity contribution in [3.05, 3.63) is 48.3 Å². The van der Waals surface area contributed by atoms with Crippen LogP contribution in [-0.2, 0) is 6.73 Å². The van der Waals surface area contributed by atoms with E-state index < -0.39 is 0 Å². The van der Waals surface area contributed by atoms with Gasteiger partial charge in [0.25, 0.3) is 5.91 Å². The van der Waals surface area contributed by atoms with Gasteiger partial charge in [0.1, 0.15) is 11.4 Å². The van der Waals surface area contributed by atoms with E-state index in [1.165, 1.54) is 0 Å². The topological polar surface area (TPSA) is 59.4 Å². The number of benzene rings is 1. The van der Waals surface area contributed by atoms with Crippen LogP contribution in [0.25, 0.3) is 0 Å². The van der Waals surface area contributed by atoms with Gasteiger partial charge in [0.05, 0.1) is 0 Å². The lowest BCUT2D eigenvalue weighted by molar-refractivity contribution is 0.0909. The van der Waals surface area contributed by atoms with Gasteiger partial charge in [0.2, 0.25) is 0 Å². The Labute approximate surface area is 136 Å². The minimum atomic E-state index is -0.113. The smallest absolute Gasteiger partial charge is 0.271 e. The highest BCUT2D eigenvalue weighted by molar-refractivity contribution is 5.92. The van der Waals surface area contributed by atoms with E-state index >= 15 is 0 Å². The fraction of sp³-hybridized carbons (Fsp3) is 0.412. The lowest BCUT2D eigenvalue weighted by atomic mass is 10.1. The van der Waals surface area contributed by atoms with E-state index in [1.54, 1.807) is 16.9 Å². The second-order valence-electron chi connectivity index (χ2n) is 5.88. The van der Waals surface area contributed by atoms with Crippen molar-refractivity contribution in [2.24, 2.45) is 0 Å². The van der Waals surface area contributed by atoms with Crippen LogP contribution >= 0.6 is 0 Å². The molecule has 1 saturated heterocycles. The number of piperidine rings is 1. The van der Waals surface area contributed by atoms with E-state index in [9.17, 15) is 4.79 Å². The first-order valence-electron chi connectivity index (χ1n) is 7.91. The molecule has 1 aliphatic rings. The third-order valence-electron chi connectivity index (χ3n) is 4.03. The van der Waals surface area contributed by atoms with Crippen LogP contribution in [0.1, 0.15) is 23.3 Å². The molecule has 6 nitrogen and oxygen atoms in total. The molecule has 23 heavy (non-hydrogen) atoms. The first-order chi connectivity index (χ1) is 11.2. The number of nitrogens with zero attached hydrogens (tertiary/aromatic N) is 3. The van der Waals surface area contributed by atoms with Crippen molar-refractivity contribution in [3.63, 3.8) is 0 Å². The fourth-order valence-electron chi connectivity index (χ4n) is 2.62. The van der Waals surface area contributed by atoms with Crippen molar-refractivity contribution in [3.8, 4) is 5.75 Å². The monoisotopic (exact) mass is 314 g/mol. The van der Waals surface area contributed by atoms with Crippen molar-refractivity contribution in [2.45, 2.75) is 25.6 Å². The number of ether oxygens (including phenoxy) is 1. The molecule has 0 radical (unpaired) electrons. The van der Waals surface area contributed by atoms with Crippen LogP contribution < -0.4 is 10.1 Å². The van der Waals surface area contributed by atoms with Crippen LogP contribution in [0.4, 0.5) is 0 Å². The van der Waals surface area contributed by atoms with Gasteiger partial charge in [-0.2, -0.15) is 5.10 Å². The Hall–Kier alpha value is -2.34. The molecule has 0 atom stereocenters. The van der Waals surface area contributed by atoms with Crippen molar-refractivity contribution in [1.82, 2.24) is 20.0 Å². The Morgan fingerprint density at radius 1 is 1.26 bits per heavy atom. The molecule has 6 heteroatoms. The second-order valence-corrected chi connectivity index (χ2v) is 5.88. The molecule has 1 aromatic carbocycles. The van der Waals surface area contributed by atoms with E-state index in [2.05, 4.69) is 22.4 Å². The van der Waals surface area contributed by atoms with Gasteiger partial charge in [-0.15, -0.1) is 0 Å². The van der Waals surface area contributed by atoms with Crippen LogP contribution in [0, 0.1) is 0 Å². The summed E-state index contributed by atoms with van der Waals surface area (Å²) in [6, 6.07) is 11.5. The highest BCUT2D eigenvalue weighted by Gasteiger charge is 2.20. The number of aromatic nitrogens is 2. The molecule has 2 heterocycles. The highest BCUT2D eigenvalue weighted by Crippen LogP contribution is 2.10. The van der Waals surface area contributed by atoms with Crippen LogP contribution in [0.5, 0.6) is 5.75 Å². The average molecular weight is 314 g/mol. The Bertz CT molecular complexity index is 633. The summed E-state index contributed by atoms with van der Waals surface area (Å²) in [5.74, 6) is 0.665. The maximum absolute atomic E-state index is 12.2. The number of hydrogen-bond acceptors (Lipinski definition) is 4. The van der Waals surface area contributed by atoms with Crippen LogP contribution in [0.3, 0.4) is 0 Å². The lowest BCUT2D eigenvalue weighted by Gasteiger charge is -2.29. The van der Waals surface area contributed by atoms with E-state index in [0.717, 1.165) is 31.7 Å². The van der Waals surface area contributed by atoms with E-state index in [-0.39, 0.29) is 18.7 Å². The van der Waals surface area contributed by atoms with E-state index in [4.69, 9.17) is 4.74 Å². The standard InChI is InChI=1S/C17H22N4O2/c1-20-10-7-14(8-11-20)18-17(22)16-9-12-21(19-16)13-23-15-5-3-2-4-6-15/h2-6,9,12,14H,7-8,10-11,13H2,1H3,(H,18,22). The number of likely N-dealkylation sites (tertiary alicyclic amines) is 1. The minimum Gasteiger partial charge on any atom is -0.471 e. The molecule has 0 aliphatic carbocycles. The SMILES string of the molecule is CN1CCC(NC(=O)c2ccn(COc3ccccc3)n2)CC1. The molecule has 1 fully saturated rings. The summed E-state index contributed by atoms with van der Waals surface area (Å²) in [6.45, 7) is 2.32. The summed E-state index contributed by atoms with van der Waals surface area (Å²) in [7, 11) is 2.10. The third kappa shape index (κ3) is 4.32. The van der Waals surface area contributed by atoms with Crippen LogP contribution in [-0.4, -0.2) is 46.8 Å². The van der Waals surface area contributed by atoms with Gasteiger partial charge in [0, 0.05) is 12.2 Å². The quantitative estimate of drug-likeness (QED) is 0.913. The van der Waals surface area contributed by atoms with Crippen LogP contribution in [0.15, 0.2) is 42.6 Å². The Morgan fingerprint density at radius 2 is 2.00 bits per heavy atom. The molecule has 1 amide bonds. The normalized spacial score (nSPS) is 16.2. The largest absolute Gasteiger partial charge is 0.471 e. The number of carbonyl (C=O) groups excluding carboxylic acids is 1. The van der Waals surface area contributed by atoms with Crippen LogP contribution in [0.2, 0.25) is 0 Å². The molecule has 2 aromatic rings. The average Bonchev–Trinajstić information content (AvgIpc) is 3.05. The highest BCUT2D eigenvalue weighted by atomic mass is 16.5. The van der Waals surface area contributed by atoms with Gasteiger partial charge in [-0.1, -0.05) is 18.2 Å². The van der Waals surface area contributed by atoms with Crippen molar-refractivity contribution >= 4 is 5.91 Å². The van der Waals surface area contributed by atoms with Crippen molar-refractivity contribution in [1.29, 1.82) is 0 Å². The summed E-state index contributed by atoms with van der Waals surface area (Å²) in [6.07, 6.45) is 3.73. The fourth-order valence-corrected chi connectivity index (χ4v) is 2.62. The molecule has 0 spiro atoms. The van der Waals surface area contributed by atoms with Crippen molar-refractivity contribution < 1.29 is 9.53 Å². The molecular weight excluding hydrogens is 292 g/mol. The molecule has 1 N–H and O–H groups in total. The molecule has 3 rings (SSSR count). The molecular formula is C17H22N4O2. The zero-order valence-corrected chi connectivity index (χ0v) is 13.3.